The molecule has 1 aromatic heterocycles. The third-order valence-corrected chi connectivity index (χ3v) is 8.53. The monoisotopic (exact) mass is 660 g/mol. The van der Waals surface area contributed by atoms with Crippen LogP contribution in [0, 0.1) is 13.8 Å². The number of ether oxygens (including phenoxy) is 1. The number of aromatic nitrogens is 1. The van der Waals surface area contributed by atoms with Crippen molar-refractivity contribution in [3.63, 3.8) is 0 Å². The topological polar surface area (TPSA) is 60.3 Å². The number of hydrogen-bond donors (Lipinski definition) is 1. The van der Waals surface area contributed by atoms with Crippen molar-refractivity contribution in [1.82, 2.24) is 9.88 Å². The number of alkyl halides is 3. The summed E-state index contributed by atoms with van der Waals surface area (Å²) in [4.78, 5) is 26.1. The molecule has 1 amide bonds. The first-order valence-electron chi connectivity index (χ1n) is 15.2. The molecule has 0 saturated carbocycles. The highest BCUT2D eigenvalue weighted by atomic mass is 35.5. The van der Waals surface area contributed by atoms with Crippen molar-refractivity contribution in [1.29, 1.82) is 0 Å². The number of aryl methyl sites for hydroxylation is 1. The molecule has 0 spiro atoms. The van der Waals surface area contributed by atoms with Gasteiger partial charge in [0.1, 0.15) is 5.60 Å². The highest BCUT2D eigenvalue weighted by Gasteiger charge is 2.31. The van der Waals surface area contributed by atoms with Crippen LogP contribution in [-0.2, 0) is 17.5 Å². The zero-order valence-electron chi connectivity index (χ0n) is 27.1. The molecule has 0 bridgehead atoms. The highest BCUT2D eigenvalue weighted by Crippen LogP contribution is 2.34. The van der Waals surface area contributed by atoms with Gasteiger partial charge in [-0.25, -0.2) is 4.79 Å². The fourth-order valence-corrected chi connectivity index (χ4v) is 5.90. The van der Waals surface area contributed by atoms with Gasteiger partial charge in [0.25, 0.3) is 5.91 Å². The van der Waals surface area contributed by atoms with E-state index in [0.717, 1.165) is 51.0 Å². The Morgan fingerprint density at radius 3 is 2.26 bits per heavy atom. The molecule has 1 heterocycles. The molecule has 0 aliphatic rings. The highest BCUT2D eigenvalue weighted by molar-refractivity contribution is 6.31. The number of nitrogens with one attached hydrogen (secondary N) is 1. The van der Waals surface area contributed by atoms with Crippen molar-refractivity contribution < 1.29 is 27.5 Å². The van der Waals surface area contributed by atoms with Crippen LogP contribution < -0.4 is 5.32 Å². The second kappa shape index (κ2) is 12.9. The SMILES string of the molecule is Cc1c(C)n(Cc2ccc(-c3ccccc3C(=O)OC(C)(C)C)cc2)c2ccc(C(=O)N[C@@H](C)c3cc(C(F)(F)F)ccc3Cl)cc12. The lowest BCUT2D eigenvalue weighted by atomic mass is 9.98. The summed E-state index contributed by atoms with van der Waals surface area (Å²) in [5.74, 6) is -0.788. The van der Waals surface area contributed by atoms with Crippen LogP contribution in [0.15, 0.2) is 84.9 Å². The molecule has 5 rings (SSSR count). The molecule has 1 atom stereocenters. The van der Waals surface area contributed by atoms with Crippen LogP contribution in [0.1, 0.15) is 82.4 Å². The first kappa shape index (κ1) is 33.8. The van der Waals surface area contributed by atoms with Gasteiger partial charge in [-0.3, -0.25) is 4.79 Å². The average Bonchev–Trinajstić information content (AvgIpc) is 3.24. The molecule has 0 fully saturated rings. The average molecular weight is 661 g/mol. The van der Waals surface area contributed by atoms with E-state index in [1.165, 1.54) is 6.07 Å². The van der Waals surface area contributed by atoms with Gasteiger partial charge in [0.15, 0.2) is 0 Å². The molecule has 1 N–H and O–H groups in total. The molecule has 0 saturated heterocycles. The minimum atomic E-state index is -4.52. The molecule has 244 valence electrons. The summed E-state index contributed by atoms with van der Waals surface area (Å²) in [6.45, 7) is 11.7. The van der Waals surface area contributed by atoms with Gasteiger partial charge in [0.2, 0.25) is 0 Å². The Hall–Kier alpha value is -4.56. The van der Waals surface area contributed by atoms with Crippen LogP contribution in [0.4, 0.5) is 13.2 Å². The maximum Gasteiger partial charge on any atom is 0.416 e. The first-order valence-corrected chi connectivity index (χ1v) is 15.6. The molecule has 0 unspecified atom stereocenters. The van der Waals surface area contributed by atoms with Gasteiger partial charge < -0.3 is 14.6 Å². The van der Waals surface area contributed by atoms with Crippen LogP contribution in [0.5, 0.6) is 0 Å². The number of amides is 1. The van der Waals surface area contributed by atoms with Crippen LogP contribution in [0.25, 0.3) is 22.0 Å². The van der Waals surface area contributed by atoms with E-state index in [4.69, 9.17) is 16.3 Å². The Kier molecular flexibility index (Phi) is 9.29. The molecule has 47 heavy (non-hydrogen) atoms. The summed E-state index contributed by atoms with van der Waals surface area (Å²) in [6, 6.07) is 23.2. The van der Waals surface area contributed by atoms with Crippen molar-refractivity contribution in [2.45, 2.75) is 65.9 Å². The largest absolute Gasteiger partial charge is 0.456 e. The predicted molar refractivity (Wildman–Crippen MR) is 180 cm³/mol. The minimum Gasteiger partial charge on any atom is -0.456 e. The van der Waals surface area contributed by atoms with Gasteiger partial charge in [-0.1, -0.05) is 54.1 Å². The van der Waals surface area contributed by atoms with Gasteiger partial charge >= 0.3 is 12.1 Å². The lowest BCUT2D eigenvalue weighted by molar-refractivity contribution is -0.137. The Labute approximate surface area is 277 Å². The maximum atomic E-state index is 13.3. The third kappa shape index (κ3) is 7.38. The number of carbonyl (C=O) groups is 2. The van der Waals surface area contributed by atoms with Crippen molar-refractivity contribution in [2.75, 3.05) is 0 Å². The van der Waals surface area contributed by atoms with Gasteiger partial charge in [0.05, 0.1) is 17.2 Å². The molecule has 5 aromatic rings. The van der Waals surface area contributed by atoms with E-state index in [9.17, 15) is 22.8 Å². The Morgan fingerprint density at radius 1 is 0.915 bits per heavy atom. The Morgan fingerprint density at radius 2 is 1.60 bits per heavy atom. The van der Waals surface area contributed by atoms with Crippen LogP contribution >= 0.6 is 11.6 Å². The number of benzene rings is 4. The summed E-state index contributed by atoms with van der Waals surface area (Å²) < 4.78 is 47.6. The van der Waals surface area contributed by atoms with E-state index in [-0.39, 0.29) is 16.6 Å². The standard InChI is InChI=1S/C38H36ClF3N2O3/c1-22-24(3)44(21-25-11-13-26(14-12-25)29-9-7-8-10-30(29)36(46)47-37(4,5)6)34-18-15-27(19-31(22)34)35(45)43-23(2)32-20-28(38(40,41)42)16-17-33(32)39/h7-20,23H,21H2,1-6H3,(H,43,45)/t23-/m0/s1. The van der Waals surface area contributed by atoms with Gasteiger partial charge in [-0.15, -0.1) is 0 Å². The molecular formula is C38H36ClF3N2O3. The van der Waals surface area contributed by atoms with Crippen LogP contribution in [0.3, 0.4) is 0 Å². The Bertz CT molecular complexity index is 1970. The summed E-state index contributed by atoms with van der Waals surface area (Å²) in [5, 5.41) is 3.84. The summed E-state index contributed by atoms with van der Waals surface area (Å²) in [6.07, 6.45) is -4.52. The second-order valence-electron chi connectivity index (χ2n) is 12.7. The molecule has 0 radical (unpaired) electrons. The molecule has 9 heteroatoms. The van der Waals surface area contributed by atoms with E-state index < -0.39 is 29.3 Å². The van der Waals surface area contributed by atoms with Crippen molar-refractivity contribution in [3.05, 3.63) is 129 Å². The van der Waals surface area contributed by atoms with Crippen molar-refractivity contribution in [3.8, 4) is 11.1 Å². The van der Waals surface area contributed by atoms with Gasteiger partial charge in [0, 0.05) is 33.7 Å². The predicted octanol–water partition coefficient (Wildman–Crippen LogP) is 10.1. The van der Waals surface area contributed by atoms with Crippen LogP contribution in [-0.4, -0.2) is 22.0 Å². The second-order valence-corrected chi connectivity index (χ2v) is 13.1. The summed E-state index contributed by atoms with van der Waals surface area (Å²) in [7, 11) is 0. The molecule has 0 aliphatic heterocycles. The number of nitrogens with zero attached hydrogens (tertiary/aromatic N) is 1. The molecular weight excluding hydrogens is 625 g/mol. The Balaban J connectivity index is 1.36. The lowest BCUT2D eigenvalue weighted by Gasteiger charge is -2.20. The van der Waals surface area contributed by atoms with E-state index in [1.807, 2.05) is 83.1 Å². The third-order valence-electron chi connectivity index (χ3n) is 8.19. The number of rotatable bonds is 7. The smallest absolute Gasteiger partial charge is 0.416 e. The van der Waals surface area contributed by atoms with Gasteiger partial charge in [-0.2, -0.15) is 13.2 Å². The first-order chi connectivity index (χ1) is 22.0. The molecule has 4 aromatic carbocycles. The molecule has 0 aliphatic carbocycles. The lowest BCUT2D eigenvalue weighted by Crippen LogP contribution is -2.27. The number of fused-ring (bicyclic) bond motifs is 1. The van der Waals surface area contributed by atoms with Crippen molar-refractivity contribution >= 4 is 34.4 Å². The summed E-state index contributed by atoms with van der Waals surface area (Å²) in [5.41, 5.74) is 5.41. The van der Waals surface area contributed by atoms with Crippen molar-refractivity contribution in [2.24, 2.45) is 0 Å². The minimum absolute atomic E-state index is 0.144. The quantitative estimate of drug-likeness (QED) is 0.177. The molecule has 5 nitrogen and oxygen atoms in total. The normalized spacial score (nSPS) is 12.6. The van der Waals surface area contributed by atoms with E-state index in [1.54, 1.807) is 25.1 Å². The summed E-state index contributed by atoms with van der Waals surface area (Å²) >= 11 is 6.20. The van der Waals surface area contributed by atoms with Crippen LogP contribution in [0.2, 0.25) is 5.02 Å². The maximum absolute atomic E-state index is 13.3. The zero-order chi connectivity index (χ0) is 34.3. The van der Waals surface area contributed by atoms with E-state index in [0.29, 0.717) is 17.7 Å². The zero-order valence-corrected chi connectivity index (χ0v) is 27.8. The number of carbonyl (C=O) groups excluding carboxylic acids is 2. The fraction of sp³-hybridized carbons (Fsp3) is 0.263. The van der Waals surface area contributed by atoms with E-state index >= 15 is 0 Å². The van der Waals surface area contributed by atoms with Gasteiger partial charge in [-0.05, 0) is 112 Å². The number of hydrogen-bond acceptors (Lipinski definition) is 3. The number of halogens is 4. The fourth-order valence-electron chi connectivity index (χ4n) is 5.62. The van der Waals surface area contributed by atoms with E-state index in [2.05, 4.69) is 9.88 Å². The number of esters is 1.